The average molecular weight is 243 g/mol. The van der Waals surface area contributed by atoms with Crippen molar-refractivity contribution in [3.8, 4) is 0 Å². The summed E-state index contributed by atoms with van der Waals surface area (Å²) >= 11 is 0.899. The summed E-state index contributed by atoms with van der Waals surface area (Å²) in [6, 6.07) is 0. The van der Waals surface area contributed by atoms with E-state index in [4.69, 9.17) is 10.8 Å². The second kappa shape index (κ2) is 5.75. The third-order valence-corrected chi connectivity index (χ3v) is 1.86. The van der Waals surface area contributed by atoms with Crippen molar-refractivity contribution in [2.45, 2.75) is 6.42 Å². The van der Waals surface area contributed by atoms with Gasteiger partial charge in [-0.1, -0.05) is 5.16 Å². The second-order valence-corrected chi connectivity index (χ2v) is 3.26. The fourth-order valence-corrected chi connectivity index (χ4v) is 1.11. The lowest BCUT2D eigenvalue weighted by Gasteiger charge is -1.95. The summed E-state index contributed by atoms with van der Waals surface area (Å²) in [7, 11) is 0. The molecule has 1 radical (unpaired) electrons. The van der Waals surface area contributed by atoms with Gasteiger partial charge in [-0.15, -0.1) is 0 Å². The molecule has 85 valence electrons. The molecule has 1 rings (SSSR count). The molecule has 0 aliphatic heterocycles. The lowest BCUT2D eigenvalue weighted by molar-refractivity contribution is -0.138. The minimum absolute atomic E-state index is 0.00725. The topological polar surface area (TPSA) is 128 Å². The van der Waals surface area contributed by atoms with Gasteiger partial charge >= 0.3 is 5.97 Å². The smallest absolute Gasteiger partial charge is 0.306 e. The summed E-state index contributed by atoms with van der Waals surface area (Å²) in [5, 5.41) is 11.8. The SMILES string of the molecule is Nc1nc(/C([C]=O)=N\OCCC(=O)O)ns1. The first-order valence-electron chi connectivity index (χ1n) is 4.03. The normalized spacial score (nSPS) is 11.1. The van der Waals surface area contributed by atoms with Gasteiger partial charge in [0.25, 0.3) is 6.29 Å². The Morgan fingerprint density at radius 1 is 1.69 bits per heavy atom. The maximum absolute atomic E-state index is 10.5. The number of carbonyl (C=O) groups is 1. The van der Waals surface area contributed by atoms with Gasteiger partial charge in [-0.2, -0.15) is 9.36 Å². The number of carboxylic acid groups (broad SMARTS) is 1. The first-order valence-corrected chi connectivity index (χ1v) is 4.80. The fraction of sp³-hybridized carbons (Fsp3) is 0.286. The molecule has 0 aliphatic rings. The number of hydrogen-bond donors (Lipinski definition) is 2. The molecule has 9 heteroatoms. The Kier molecular flexibility index (Phi) is 4.33. The number of nitrogens with two attached hydrogens (primary N) is 1. The third kappa shape index (κ3) is 3.61. The number of aromatic nitrogens is 2. The van der Waals surface area contributed by atoms with Crippen LogP contribution in [0.25, 0.3) is 0 Å². The van der Waals surface area contributed by atoms with E-state index < -0.39 is 5.97 Å². The Morgan fingerprint density at radius 2 is 2.44 bits per heavy atom. The molecule has 0 saturated heterocycles. The first kappa shape index (κ1) is 12.0. The van der Waals surface area contributed by atoms with Gasteiger partial charge in [0.2, 0.25) is 5.82 Å². The molecular weight excluding hydrogens is 236 g/mol. The summed E-state index contributed by atoms with van der Waals surface area (Å²) in [4.78, 5) is 28.9. The number of hydrogen-bond acceptors (Lipinski definition) is 8. The molecule has 0 unspecified atom stereocenters. The Morgan fingerprint density at radius 3 is 2.94 bits per heavy atom. The second-order valence-electron chi connectivity index (χ2n) is 2.48. The molecule has 0 aliphatic carbocycles. The van der Waals surface area contributed by atoms with Gasteiger partial charge < -0.3 is 15.7 Å². The van der Waals surface area contributed by atoms with Crippen LogP contribution in [0.1, 0.15) is 12.2 Å². The molecule has 8 nitrogen and oxygen atoms in total. The van der Waals surface area contributed by atoms with Crippen LogP contribution in [-0.2, 0) is 14.4 Å². The van der Waals surface area contributed by atoms with Crippen LogP contribution >= 0.6 is 11.5 Å². The minimum Gasteiger partial charge on any atom is -0.481 e. The van der Waals surface area contributed by atoms with Gasteiger partial charge in [0.15, 0.2) is 10.8 Å². The van der Waals surface area contributed by atoms with Crippen molar-refractivity contribution in [1.82, 2.24) is 9.36 Å². The van der Waals surface area contributed by atoms with Crippen molar-refractivity contribution in [1.29, 1.82) is 0 Å². The molecule has 0 spiro atoms. The molecule has 1 heterocycles. The van der Waals surface area contributed by atoms with E-state index in [1.165, 1.54) is 6.29 Å². The highest BCUT2D eigenvalue weighted by molar-refractivity contribution is 7.09. The van der Waals surface area contributed by atoms with Crippen molar-refractivity contribution < 1.29 is 19.5 Å². The third-order valence-electron chi connectivity index (χ3n) is 1.31. The number of nitrogen functional groups attached to an aromatic ring is 1. The van der Waals surface area contributed by atoms with Crippen LogP contribution in [0.4, 0.5) is 5.13 Å². The molecule has 16 heavy (non-hydrogen) atoms. The van der Waals surface area contributed by atoms with E-state index in [9.17, 15) is 9.59 Å². The van der Waals surface area contributed by atoms with E-state index in [1.807, 2.05) is 0 Å². The van der Waals surface area contributed by atoms with Crippen molar-refractivity contribution in [2.75, 3.05) is 12.3 Å². The largest absolute Gasteiger partial charge is 0.481 e. The molecule has 0 fully saturated rings. The lowest BCUT2D eigenvalue weighted by Crippen LogP contribution is -2.07. The molecule has 0 amide bonds. The van der Waals surface area contributed by atoms with Gasteiger partial charge in [0, 0.05) is 11.5 Å². The number of rotatable bonds is 6. The van der Waals surface area contributed by atoms with Crippen LogP contribution in [0.5, 0.6) is 0 Å². The zero-order valence-electron chi connectivity index (χ0n) is 7.91. The number of anilines is 1. The summed E-state index contributed by atoms with van der Waals surface area (Å²) in [6.45, 7) is -0.153. The molecule has 0 bridgehead atoms. The molecule has 3 N–H and O–H groups in total. The molecule has 1 aromatic heterocycles. The fourth-order valence-electron chi connectivity index (χ4n) is 0.680. The number of nitrogens with zero attached hydrogens (tertiary/aromatic N) is 3. The molecule has 0 aromatic carbocycles. The first-order chi connectivity index (χ1) is 7.63. The summed E-state index contributed by atoms with van der Waals surface area (Å²) in [5.41, 5.74) is 5.06. The number of oxime groups is 1. The molecule has 0 atom stereocenters. The van der Waals surface area contributed by atoms with Crippen LogP contribution in [0.2, 0.25) is 0 Å². The van der Waals surface area contributed by atoms with E-state index >= 15 is 0 Å². The van der Waals surface area contributed by atoms with Gasteiger partial charge in [-0.3, -0.25) is 9.59 Å². The number of aliphatic carboxylic acids is 1. The zero-order chi connectivity index (χ0) is 12.0. The number of carbonyl (C=O) groups excluding carboxylic acids is 1. The van der Waals surface area contributed by atoms with Crippen LogP contribution in [0, 0.1) is 0 Å². The van der Waals surface area contributed by atoms with Gasteiger partial charge in [-0.25, -0.2) is 0 Å². The Labute approximate surface area is 93.9 Å². The van der Waals surface area contributed by atoms with Crippen LogP contribution < -0.4 is 5.73 Å². The van der Waals surface area contributed by atoms with Gasteiger partial charge in [0.05, 0.1) is 6.42 Å². The Balaban J connectivity index is 2.57. The standard InChI is InChI=1S/C7H7N4O4S/c8-7-9-6(11-16-7)4(3-12)10-15-2-1-5(13)14/h1-2H2,(H,13,14)(H2,8,9,11)/b10-4-. The van der Waals surface area contributed by atoms with Gasteiger partial charge in [-0.05, 0) is 0 Å². The predicted octanol–water partition coefficient (Wildman–Crippen LogP) is -0.575. The van der Waals surface area contributed by atoms with Crippen molar-refractivity contribution in [3.05, 3.63) is 5.82 Å². The zero-order valence-corrected chi connectivity index (χ0v) is 8.73. The quantitative estimate of drug-likeness (QED) is 0.388. The average Bonchev–Trinajstić information content (AvgIpc) is 2.64. The summed E-state index contributed by atoms with van der Waals surface area (Å²) in [5.74, 6) is -1.02. The van der Waals surface area contributed by atoms with Crippen molar-refractivity contribution in [2.24, 2.45) is 5.16 Å². The highest BCUT2D eigenvalue weighted by atomic mass is 32.1. The van der Waals surface area contributed by atoms with Gasteiger partial charge in [0.1, 0.15) is 6.61 Å². The molecular formula is C7H7N4O4S. The highest BCUT2D eigenvalue weighted by Gasteiger charge is 2.10. The van der Waals surface area contributed by atoms with E-state index in [2.05, 4.69) is 19.4 Å². The van der Waals surface area contributed by atoms with E-state index in [1.54, 1.807) is 0 Å². The molecule has 1 aromatic rings. The Bertz CT molecular complexity index is 416. The highest BCUT2D eigenvalue weighted by Crippen LogP contribution is 2.06. The molecule has 0 saturated carbocycles. The van der Waals surface area contributed by atoms with Crippen LogP contribution in [0.3, 0.4) is 0 Å². The lowest BCUT2D eigenvalue weighted by atomic mass is 10.4. The Hall–Kier alpha value is -2.03. The van der Waals surface area contributed by atoms with E-state index in [-0.39, 0.29) is 29.7 Å². The summed E-state index contributed by atoms with van der Waals surface area (Å²) < 4.78 is 3.72. The number of carboxylic acids is 1. The maximum Gasteiger partial charge on any atom is 0.306 e. The van der Waals surface area contributed by atoms with Crippen molar-refractivity contribution in [3.63, 3.8) is 0 Å². The monoisotopic (exact) mass is 243 g/mol. The maximum atomic E-state index is 10.5. The van der Waals surface area contributed by atoms with E-state index in [0.29, 0.717) is 0 Å². The summed E-state index contributed by atoms with van der Waals surface area (Å²) in [6.07, 6.45) is 1.25. The minimum atomic E-state index is -1.03. The van der Waals surface area contributed by atoms with Crippen LogP contribution in [-0.4, -0.2) is 39.0 Å². The van der Waals surface area contributed by atoms with E-state index in [0.717, 1.165) is 11.5 Å². The predicted molar refractivity (Wildman–Crippen MR) is 54.8 cm³/mol. The van der Waals surface area contributed by atoms with Crippen molar-refractivity contribution >= 4 is 34.6 Å². The van der Waals surface area contributed by atoms with Crippen LogP contribution in [0.15, 0.2) is 5.16 Å².